The number of quaternary nitrogens is 1. The van der Waals surface area contributed by atoms with Crippen LogP contribution in [0.5, 0.6) is 0 Å². The van der Waals surface area contributed by atoms with Gasteiger partial charge >= 0.3 is 5.97 Å². The van der Waals surface area contributed by atoms with E-state index in [0.29, 0.717) is 23.7 Å². The summed E-state index contributed by atoms with van der Waals surface area (Å²) < 4.78 is 17.4. The number of esters is 1. The zero-order valence-corrected chi connectivity index (χ0v) is 20.9. The van der Waals surface area contributed by atoms with Crippen molar-refractivity contribution in [3.05, 3.63) is 35.9 Å². The van der Waals surface area contributed by atoms with Crippen LogP contribution in [-0.2, 0) is 23.8 Å². The highest BCUT2D eigenvalue weighted by molar-refractivity contribution is 5.78. The van der Waals surface area contributed by atoms with E-state index in [1.807, 2.05) is 6.07 Å². The fraction of sp³-hybridized carbons (Fsp3) is 0.692. The number of aliphatic hydroxyl groups is 3. The number of hydrogen-bond acceptors (Lipinski definition) is 9. The first-order valence-corrected chi connectivity index (χ1v) is 12.7. The second-order valence-corrected chi connectivity index (χ2v) is 10.7. The lowest BCUT2D eigenvalue weighted by Gasteiger charge is -2.49. The lowest BCUT2D eigenvalue weighted by Crippen LogP contribution is -2.63. The van der Waals surface area contributed by atoms with E-state index in [9.17, 15) is 30.0 Å². The third-order valence-corrected chi connectivity index (χ3v) is 8.61. The molecule has 3 unspecified atom stereocenters. The maximum absolute atomic E-state index is 13.4. The molecule has 3 N–H and O–H groups in total. The van der Waals surface area contributed by atoms with Crippen LogP contribution in [0.2, 0.25) is 0 Å². The molecule has 1 aromatic carbocycles. The minimum Gasteiger partial charge on any atom is -0.547 e. The summed E-state index contributed by atoms with van der Waals surface area (Å²) in [6, 6.07) is 10.2. The molecule has 10 atom stereocenters. The highest BCUT2D eigenvalue weighted by Gasteiger charge is 2.54. The van der Waals surface area contributed by atoms with Gasteiger partial charge in [0.1, 0.15) is 36.4 Å². The van der Waals surface area contributed by atoms with E-state index in [2.05, 4.69) is 20.9 Å². The van der Waals surface area contributed by atoms with E-state index in [4.69, 9.17) is 14.2 Å². The van der Waals surface area contributed by atoms with Crippen LogP contribution in [0.4, 0.5) is 0 Å². The van der Waals surface area contributed by atoms with Gasteiger partial charge in [-0.3, -0.25) is 4.79 Å². The maximum atomic E-state index is 13.4. The summed E-state index contributed by atoms with van der Waals surface area (Å²) >= 11 is 0. The van der Waals surface area contributed by atoms with Crippen molar-refractivity contribution in [1.82, 2.24) is 0 Å². The molecule has 0 radical (unpaired) electrons. The van der Waals surface area contributed by atoms with Gasteiger partial charge in [-0.25, -0.2) is 0 Å². The number of carbonyl (C=O) groups is 2. The summed E-state index contributed by atoms with van der Waals surface area (Å²) in [5, 5.41) is 41.8. The van der Waals surface area contributed by atoms with E-state index >= 15 is 0 Å². The minimum absolute atomic E-state index is 0.213. The topological polar surface area (TPSA) is 146 Å². The number of piperidine rings is 1. The van der Waals surface area contributed by atoms with Crippen LogP contribution in [-0.4, -0.2) is 100 Å². The van der Waals surface area contributed by atoms with E-state index < -0.39 is 48.6 Å². The number of aliphatic carboxylic acids is 1. The summed E-state index contributed by atoms with van der Waals surface area (Å²) in [6.45, 7) is 4.18. The highest BCUT2D eigenvalue weighted by atomic mass is 16.7. The monoisotopic (exact) mass is 507 g/mol. The van der Waals surface area contributed by atoms with Gasteiger partial charge in [-0.05, 0) is 19.4 Å². The summed E-state index contributed by atoms with van der Waals surface area (Å²) in [7, 11) is 2.30. The predicted octanol–water partition coefficient (Wildman–Crippen LogP) is -0.564. The lowest BCUT2D eigenvalue weighted by atomic mass is 9.94. The Bertz CT molecular complexity index is 911. The van der Waals surface area contributed by atoms with Gasteiger partial charge in [-0.2, -0.15) is 0 Å². The molecule has 4 rings (SSSR count). The van der Waals surface area contributed by atoms with Crippen molar-refractivity contribution < 1.29 is 48.7 Å². The van der Waals surface area contributed by atoms with Crippen LogP contribution in [0.15, 0.2) is 30.3 Å². The molecule has 3 aliphatic rings. The third kappa shape index (κ3) is 5.03. The molecule has 3 aliphatic heterocycles. The van der Waals surface area contributed by atoms with Gasteiger partial charge in [0.15, 0.2) is 6.29 Å². The average molecular weight is 508 g/mol. The normalized spacial score (nSPS) is 39.1. The molecule has 0 saturated carbocycles. The van der Waals surface area contributed by atoms with Crippen LogP contribution in [0.25, 0.3) is 0 Å². The molecule has 10 nitrogen and oxygen atoms in total. The molecule has 36 heavy (non-hydrogen) atoms. The Kier molecular flexibility index (Phi) is 8.04. The van der Waals surface area contributed by atoms with E-state index in [1.165, 1.54) is 0 Å². The van der Waals surface area contributed by atoms with Gasteiger partial charge in [-0.15, -0.1) is 0 Å². The number of rotatable bonds is 8. The van der Waals surface area contributed by atoms with Crippen molar-refractivity contribution in [1.29, 1.82) is 0 Å². The molecule has 0 spiro atoms. The molecule has 3 saturated heterocycles. The average Bonchev–Trinajstić information content (AvgIpc) is 3.01. The van der Waals surface area contributed by atoms with Crippen molar-refractivity contribution in [3.63, 3.8) is 0 Å². The quantitative estimate of drug-likeness (QED) is 0.311. The summed E-state index contributed by atoms with van der Waals surface area (Å²) in [6.07, 6.45) is -5.23. The second kappa shape index (κ2) is 10.7. The second-order valence-electron chi connectivity index (χ2n) is 10.7. The number of nitrogens with zero attached hydrogens (tertiary/aromatic N) is 1. The standard InChI is InChI=1S/C26H37NO9/c1-14(2)27(3)16-9-10-17(27)12-18(11-16)35-25(32)19(15-7-5-4-6-8-15)13-34-22-20(28)23(24(30)31)36-26(33)21(22)29/h4-8,14,16-23,26,28-29,33H,9-13H2,1-3H3/t16-,17+,18?,19?,20-,21+,22-,23-,26+,27?/m0/s1. The zero-order valence-electron chi connectivity index (χ0n) is 20.9. The first kappa shape index (κ1) is 27.0. The number of carbonyl (C=O) groups excluding carboxylic acids is 2. The van der Waals surface area contributed by atoms with Crippen LogP contribution in [0.1, 0.15) is 51.0 Å². The molecule has 1 aromatic rings. The Morgan fingerprint density at radius 3 is 2.25 bits per heavy atom. The van der Waals surface area contributed by atoms with E-state index in [0.717, 1.165) is 30.2 Å². The van der Waals surface area contributed by atoms with Gasteiger partial charge < -0.3 is 43.9 Å². The molecule has 0 amide bonds. The Balaban J connectivity index is 1.47. The molecule has 200 valence electrons. The number of hydrogen-bond donors (Lipinski definition) is 3. The van der Waals surface area contributed by atoms with Crippen LogP contribution in [0, 0.1) is 0 Å². The minimum atomic E-state index is -1.89. The third-order valence-electron chi connectivity index (χ3n) is 8.61. The maximum Gasteiger partial charge on any atom is 0.316 e. The number of carboxylic acid groups (broad SMARTS) is 1. The number of fused-ring (bicyclic) bond motifs is 2. The van der Waals surface area contributed by atoms with Gasteiger partial charge in [0, 0.05) is 25.7 Å². The number of ether oxygens (including phenoxy) is 3. The number of aliphatic hydroxyl groups excluding tert-OH is 3. The Labute approximate surface area is 211 Å². The van der Waals surface area contributed by atoms with Crippen molar-refractivity contribution in [2.75, 3.05) is 13.7 Å². The molecule has 3 heterocycles. The highest BCUT2D eigenvalue weighted by Crippen LogP contribution is 2.44. The number of benzene rings is 1. The first-order valence-electron chi connectivity index (χ1n) is 12.7. The zero-order chi connectivity index (χ0) is 26.2. The predicted molar refractivity (Wildman–Crippen MR) is 124 cm³/mol. The van der Waals surface area contributed by atoms with Gasteiger partial charge in [0.2, 0.25) is 0 Å². The Morgan fingerprint density at radius 1 is 1.08 bits per heavy atom. The van der Waals surface area contributed by atoms with E-state index in [-0.39, 0.29) is 12.7 Å². The fourth-order valence-corrected chi connectivity index (χ4v) is 6.25. The van der Waals surface area contributed by atoms with Crippen molar-refractivity contribution >= 4 is 11.9 Å². The van der Waals surface area contributed by atoms with Crippen LogP contribution >= 0.6 is 0 Å². The Hall–Kier alpha value is -2.08. The number of carboxylic acids is 1. The van der Waals surface area contributed by atoms with Crippen LogP contribution in [0.3, 0.4) is 0 Å². The molecular weight excluding hydrogens is 470 g/mol. The Morgan fingerprint density at radius 2 is 1.69 bits per heavy atom. The largest absolute Gasteiger partial charge is 0.547 e. The summed E-state index contributed by atoms with van der Waals surface area (Å²) in [4.78, 5) is 24.7. The summed E-state index contributed by atoms with van der Waals surface area (Å²) in [5.74, 6) is -3.11. The first-order chi connectivity index (χ1) is 17.0. The lowest BCUT2D eigenvalue weighted by molar-refractivity contribution is -0.968. The molecule has 0 aromatic heterocycles. The molecule has 10 heteroatoms. The van der Waals surface area contributed by atoms with Crippen molar-refractivity contribution in [3.8, 4) is 0 Å². The molecule has 0 aliphatic carbocycles. The van der Waals surface area contributed by atoms with Gasteiger partial charge in [-0.1, -0.05) is 30.3 Å². The smallest absolute Gasteiger partial charge is 0.316 e. The molecule has 3 fully saturated rings. The van der Waals surface area contributed by atoms with Gasteiger partial charge in [0.25, 0.3) is 0 Å². The van der Waals surface area contributed by atoms with Gasteiger partial charge in [0.05, 0.1) is 37.7 Å². The molecular formula is C26H37NO9. The van der Waals surface area contributed by atoms with Crippen LogP contribution < -0.4 is 5.11 Å². The SMILES string of the molecule is CC(C)[N+]1(C)[C@@H]2CC[C@H]1CC(OC(=O)C(CO[C@@H]1[C@@H](O)[C@H](O)O[C@H](C(=O)[O-])[C@H]1O)c1ccccc1)C2. The molecule has 2 bridgehead atoms. The van der Waals surface area contributed by atoms with Crippen molar-refractivity contribution in [2.24, 2.45) is 0 Å². The van der Waals surface area contributed by atoms with E-state index in [1.54, 1.807) is 24.3 Å². The fourth-order valence-electron chi connectivity index (χ4n) is 6.25. The van der Waals surface area contributed by atoms with Crippen molar-refractivity contribution in [2.45, 2.75) is 100 Å². The summed E-state index contributed by atoms with van der Waals surface area (Å²) in [5.41, 5.74) is 0.622.